The van der Waals surface area contributed by atoms with Crippen LogP contribution in [-0.4, -0.2) is 43.0 Å². The monoisotopic (exact) mass is 445 g/mol. The van der Waals surface area contributed by atoms with Gasteiger partial charge in [0.15, 0.2) is 17.3 Å². The van der Waals surface area contributed by atoms with E-state index in [1.807, 2.05) is 0 Å². The lowest BCUT2D eigenvalue weighted by atomic mass is 9.80. The van der Waals surface area contributed by atoms with Crippen LogP contribution in [-0.2, 0) is 16.0 Å². The molecule has 0 saturated heterocycles. The van der Waals surface area contributed by atoms with Crippen LogP contribution in [0.2, 0.25) is 0 Å². The van der Waals surface area contributed by atoms with Crippen LogP contribution < -0.4 is 9.47 Å². The molecule has 2 aromatic rings. The molecule has 0 fully saturated rings. The predicted molar refractivity (Wildman–Crippen MR) is 112 cm³/mol. The van der Waals surface area contributed by atoms with Gasteiger partial charge >= 0.3 is 5.97 Å². The van der Waals surface area contributed by atoms with E-state index in [-0.39, 0.29) is 12.2 Å². The third kappa shape index (κ3) is 5.04. The Hall–Kier alpha value is -3.49. The highest BCUT2D eigenvalue weighted by atomic mass is 19.1. The summed E-state index contributed by atoms with van der Waals surface area (Å²) in [6.07, 6.45) is 0.433. The maximum Gasteiger partial charge on any atom is 0.317 e. The van der Waals surface area contributed by atoms with Crippen molar-refractivity contribution in [3.8, 4) is 11.5 Å². The Labute approximate surface area is 184 Å². The SMILES string of the molecule is CCOC(=O)C(C(=O)c1ccc(CC)c(F)c1)C(C[N+](=O)[O-])c1ccc2c(c1)OCCO2. The minimum absolute atomic E-state index is 0.0158. The third-order valence-corrected chi connectivity index (χ3v) is 5.28. The average Bonchev–Trinajstić information content (AvgIpc) is 2.78. The number of rotatable bonds is 9. The summed E-state index contributed by atoms with van der Waals surface area (Å²) in [5.41, 5.74) is 0.717. The largest absolute Gasteiger partial charge is 0.486 e. The standard InChI is InChI=1S/C23H24FNO7/c1-3-14-5-6-16(11-18(14)24)22(26)21(23(27)30-4-2)17(13-25(28)29)15-7-8-19-20(12-15)32-10-9-31-19/h5-8,11-12,17,21H,3-4,9-10,13H2,1-2H3. The molecule has 0 bridgehead atoms. The number of esters is 1. The minimum Gasteiger partial charge on any atom is -0.486 e. The van der Waals surface area contributed by atoms with Crippen molar-refractivity contribution >= 4 is 11.8 Å². The number of nitrogens with zero attached hydrogens (tertiary/aromatic N) is 1. The van der Waals surface area contributed by atoms with Crippen molar-refractivity contribution in [2.24, 2.45) is 5.92 Å². The first-order chi connectivity index (χ1) is 15.3. The van der Waals surface area contributed by atoms with Crippen molar-refractivity contribution in [3.05, 3.63) is 69.0 Å². The van der Waals surface area contributed by atoms with E-state index in [1.54, 1.807) is 26.0 Å². The van der Waals surface area contributed by atoms with Gasteiger partial charge in [0.25, 0.3) is 0 Å². The van der Waals surface area contributed by atoms with E-state index in [2.05, 4.69) is 0 Å². The molecule has 1 aliphatic rings. The highest BCUT2D eigenvalue weighted by Gasteiger charge is 2.41. The summed E-state index contributed by atoms with van der Waals surface area (Å²) < 4.78 is 30.5. The quantitative estimate of drug-likeness (QED) is 0.191. The number of hydrogen-bond acceptors (Lipinski definition) is 7. The van der Waals surface area contributed by atoms with E-state index < -0.39 is 40.9 Å². The fourth-order valence-corrected chi connectivity index (χ4v) is 3.71. The lowest BCUT2D eigenvalue weighted by Gasteiger charge is -2.24. The van der Waals surface area contributed by atoms with Gasteiger partial charge in [0.1, 0.15) is 24.9 Å². The Kier molecular flexibility index (Phi) is 7.40. The Balaban J connectivity index is 2.06. The van der Waals surface area contributed by atoms with Gasteiger partial charge < -0.3 is 14.2 Å². The van der Waals surface area contributed by atoms with Gasteiger partial charge in [-0.15, -0.1) is 0 Å². The molecule has 170 valence electrons. The highest BCUT2D eigenvalue weighted by Crippen LogP contribution is 2.37. The summed E-state index contributed by atoms with van der Waals surface area (Å²) in [6.45, 7) is 3.30. The van der Waals surface area contributed by atoms with Crippen LogP contribution in [0, 0.1) is 21.8 Å². The molecule has 1 heterocycles. The number of halogens is 1. The molecule has 9 heteroatoms. The molecule has 3 rings (SSSR count). The Morgan fingerprint density at radius 2 is 1.84 bits per heavy atom. The second kappa shape index (κ2) is 10.2. The summed E-state index contributed by atoms with van der Waals surface area (Å²) in [4.78, 5) is 37.1. The Morgan fingerprint density at radius 3 is 2.47 bits per heavy atom. The number of carbonyl (C=O) groups is 2. The van der Waals surface area contributed by atoms with Crippen LogP contribution in [0.1, 0.15) is 41.3 Å². The molecule has 32 heavy (non-hydrogen) atoms. The van der Waals surface area contributed by atoms with Gasteiger partial charge in [-0.3, -0.25) is 19.7 Å². The number of carbonyl (C=O) groups excluding carboxylic acids is 2. The molecule has 0 saturated carbocycles. The van der Waals surface area contributed by atoms with Crippen molar-refractivity contribution in [2.75, 3.05) is 26.4 Å². The van der Waals surface area contributed by atoms with Crippen molar-refractivity contribution in [1.82, 2.24) is 0 Å². The maximum absolute atomic E-state index is 14.3. The molecule has 0 aromatic heterocycles. The number of hydrogen-bond donors (Lipinski definition) is 0. The number of ether oxygens (including phenoxy) is 3. The first kappa shape index (κ1) is 23.2. The van der Waals surface area contributed by atoms with Crippen molar-refractivity contribution in [1.29, 1.82) is 0 Å². The summed E-state index contributed by atoms with van der Waals surface area (Å²) in [5, 5.41) is 11.5. The second-order valence-corrected chi connectivity index (χ2v) is 7.28. The Morgan fingerprint density at radius 1 is 1.12 bits per heavy atom. The molecule has 8 nitrogen and oxygen atoms in total. The molecule has 0 radical (unpaired) electrons. The summed E-state index contributed by atoms with van der Waals surface area (Å²) >= 11 is 0. The first-order valence-electron chi connectivity index (χ1n) is 10.4. The van der Waals surface area contributed by atoms with Gasteiger partial charge in [0.2, 0.25) is 6.54 Å². The zero-order valence-electron chi connectivity index (χ0n) is 17.8. The summed E-state index contributed by atoms with van der Waals surface area (Å²) in [6, 6.07) is 8.62. The minimum atomic E-state index is -1.53. The summed E-state index contributed by atoms with van der Waals surface area (Å²) in [5.74, 6) is -4.07. The van der Waals surface area contributed by atoms with E-state index in [4.69, 9.17) is 14.2 Å². The number of Topliss-reactive ketones (excluding diaryl/α,β-unsaturated/α-hetero) is 1. The molecular formula is C23H24FNO7. The van der Waals surface area contributed by atoms with Gasteiger partial charge in [-0.2, -0.15) is 0 Å². The van der Waals surface area contributed by atoms with E-state index in [9.17, 15) is 24.1 Å². The van der Waals surface area contributed by atoms with E-state index in [1.165, 1.54) is 18.2 Å². The lowest BCUT2D eigenvalue weighted by Crippen LogP contribution is -2.35. The Bertz CT molecular complexity index is 1020. The zero-order valence-corrected chi connectivity index (χ0v) is 17.8. The molecule has 2 unspecified atom stereocenters. The molecule has 0 spiro atoms. The van der Waals surface area contributed by atoms with Crippen LogP contribution >= 0.6 is 0 Å². The maximum atomic E-state index is 14.3. The molecule has 2 aromatic carbocycles. The average molecular weight is 445 g/mol. The molecule has 0 N–H and O–H groups in total. The molecule has 1 aliphatic heterocycles. The van der Waals surface area contributed by atoms with Gasteiger partial charge in [-0.1, -0.05) is 25.1 Å². The van der Waals surface area contributed by atoms with Crippen LogP contribution in [0.15, 0.2) is 36.4 Å². The first-order valence-corrected chi connectivity index (χ1v) is 10.4. The fraction of sp³-hybridized carbons (Fsp3) is 0.391. The zero-order chi connectivity index (χ0) is 23.3. The fourth-order valence-electron chi connectivity index (χ4n) is 3.71. The van der Waals surface area contributed by atoms with Gasteiger partial charge in [0.05, 0.1) is 12.5 Å². The third-order valence-electron chi connectivity index (χ3n) is 5.28. The van der Waals surface area contributed by atoms with Crippen LogP contribution in [0.3, 0.4) is 0 Å². The molecule has 0 aliphatic carbocycles. The molecule has 2 atom stereocenters. The van der Waals surface area contributed by atoms with Crippen molar-refractivity contribution in [3.63, 3.8) is 0 Å². The smallest absolute Gasteiger partial charge is 0.317 e. The number of nitro groups is 1. The predicted octanol–water partition coefficient (Wildman–Crippen LogP) is 3.58. The van der Waals surface area contributed by atoms with Crippen molar-refractivity contribution in [2.45, 2.75) is 26.2 Å². The normalized spacial score (nSPS) is 14.3. The van der Waals surface area contributed by atoms with Gasteiger partial charge in [-0.05, 0) is 42.7 Å². The highest BCUT2D eigenvalue weighted by molar-refractivity contribution is 6.09. The van der Waals surface area contributed by atoms with E-state index in [0.29, 0.717) is 42.3 Å². The summed E-state index contributed by atoms with van der Waals surface area (Å²) in [7, 11) is 0. The number of ketones is 1. The second-order valence-electron chi connectivity index (χ2n) is 7.28. The van der Waals surface area contributed by atoms with Crippen LogP contribution in [0.4, 0.5) is 4.39 Å². The number of benzene rings is 2. The van der Waals surface area contributed by atoms with E-state index >= 15 is 0 Å². The van der Waals surface area contributed by atoms with Crippen LogP contribution in [0.25, 0.3) is 0 Å². The van der Waals surface area contributed by atoms with E-state index in [0.717, 1.165) is 6.07 Å². The molecule has 0 amide bonds. The number of aryl methyl sites for hydroxylation is 1. The topological polar surface area (TPSA) is 105 Å². The number of fused-ring (bicyclic) bond motifs is 1. The van der Waals surface area contributed by atoms with Crippen LogP contribution in [0.5, 0.6) is 11.5 Å². The van der Waals surface area contributed by atoms with Gasteiger partial charge in [-0.25, -0.2) is 4.39 Å². The lowest BCUT2D eigenvalue weighted by molar-refractivity contribution is -0.484. The van der Waals surface area contributed by atoms with Crippen molar-refractivity contribution < 1.29 is 33.1 Å². The van der Waals surface area contributed by atoms with Gasteiger partial charge in [0, 0.05) is 10.5 Å². The molecular weight excluding hydrogens is 421 g/mol.